The second kappa shape index (κ2) is 28.6. The van der Waals surface area contributed by atoms with Crippen molar-refractivity contribution in [2.75, 3.05) is 13.1 Å². The number of nitrogens with zero attached hydrogens (tertiary/aromatic N) is 1. The number of carbonyl (C=O) groups excluding carboxylic acids is 3. The number of hydrogen-bond donors (Lipinski definition) is 8. The second-order valence-electron chi connectivity index (χ2n) is 13.3. The number of carboxylic acids is 4. The molecule has 1 aromatic rings. The number of benzene rings is 1. The van der Waals surface area contributed by atoms with Crippen LogP contribution < -0.4 is 21.9 Å². The monoisotopic (exact) mass is 762 g/mol. The number of amides is 3. The smallest absolute Gasteiger partial charge is 0.352 e. The fraction of sp³-hybridized carbons (Fsp3) is 0.605. The second-order valence-corrected chi connectivity index (χ2v) is 13.3. The molecule has 1 aromatic carbocycles. The van der Waals surface area contributed by atoms with Crippen molar-refractivity contribution in [2.45, 2.75) is 135 Å². The fourth-order valence-electron chi connectivity index (χ4n) is 5.65. The van der Waals surface area contributed by atoms with Crippen LogP contribution in [0, 0.1) is 0 Å². The zero-order valence-corrected chi connectivity index (χ0v) is 31.3. The van der Waals surface area contributed by atoms with Gasteiger partial charge in [0.25, 0.3) is 5.91 Å². The van der Waals surface area contributed by atoms with Crippen LogP contribution in [0.4, 0.5) is 0 Å². The van der Waals surface area contributed by atoms with Gasteiger partial charge in [0.15, 0.2) is 6.04 Å². The molecule has 0 aliphatic rings. The molecule has 0 spiro atoms. The number of unbranched alkanes of at least 4 members (excludes halogenated alkanes) is 12. The largest absolute Gasteiger partial charge is 0.481 e. The van der Waals surface area contributed by atoms with Gasteiger partial charge in [0, 0.05) is 44.5 Å². The molecule has 3 amide bonds. The van der Waals surface area contributed by atoms with E-state index in [0.29, 0.717) is 37.7 Å². The van der Waals surface area contributed by atoms with Gasteiger partial charge in [-0.25, -0.2) is 4.79 Å². The van der Waals surface area contributed by atoms with Gasteiger partial charge in [-0.2, -0.15) is 5.43 Å². The van der Waals surface area contributed by atoms with E-state index in [9.17, 15) is 43.8 Å². The van der Waals surface area contributed by atoms with Crippen molar-refractivity contribution in [1.29, 1.82) is 0 Å². The molecular formula is C38H60N5O11+. The molecule has 10 N–H and O–H groups in total. The van der Waals surface area contributed by atoms with Crippen molar-refractivity contribution in [1.82, 2.24) is 21.0 Å². The first-order chi connectivity index (χ1) is 25.8. The molecule has 0 fully saturated rings. The van der Waals surface area contributed by atoms with E-state index >= 15 is 0 Å². The molecule has 1 atom stereocenters. The summed E-state index contributed by atoms with van der Waals surface area (Å²) in [4.78, 5) is 84.0. The van der Waals surface area contributed by atoms with Gasteiger partial charge in [0.05, 0.1) is 6.42 Å². The third-order valence-corrected chi connectivity index (χ3v) is 8.83. The zero-order chi connectivity index (χ0) is 40.1. The highest BCUT2D eigenvalue weighted by Gasteiger charge is 2.18. The maximum atomic E-state index is 13.0. The van der Waals surface area contributed by atoms with Crippen LogP contribution in [0.25, 0.3) is 0 Å². The summed E-state index contributed by atoms with van der Waals surface area (Å²) in [5.41, 5.74) is 2.77. The standard InChI is InChI=1S/C38H59N5O11/c39-42-31(38(53)54)15-13-14-25-40-32(44)23-22-30(37(51)52)41-36(50)29-20-18-28(19-21-29)27-43(26-24-35(48)49)33(45)16-11-9-7-5-3-1-2-4-6-8-10-12-17-34(46)47/h18-22,31,42H,1-17,23-27,39H2,(H,40,44)(H,41,50)(H,46,47)(H,48,49)(H,51,52)(H,53,54)/p+1/b30-22+/t31-/m0/s1. The Kier molecular flexibility index (Phi) is 25.0. The average Bonchev–Trinajstić information content (AvgIpc) is 3.12. The van der Waals surface area contributed by atoms with E-state index in [-0.39, 0.29) is 50.4 Å². The topological polar surface area (TPSA) is 267 Å². The molecule has 0 aliphatic heterocycles. The first-order valence-corrected chi connectivity index (χ1v) is 18.9. The average molecular weight is 763 g/mol. The van der Waals surface area contributed by atoms with Gasteiger partial charge in [-0.15, -0.1) is 0 Å². The highest BCUT2D eigenvalue weighted by atomic mass is 16.4. The first-order valence-electron chi connectivity index (χ1n) is 18.9. The minimum Gasteiger partial charge on any atom is -0.481 e. The van der Waals surface area contributed by atoms with Crippen LogP contribution in [0.1, 0.15) is 138 Å². The van der Waals surface area contributed by atoms with Crippen LogP contribution in [0.5, 0.6) is 0 Å². The molecule has 0 saturated carbocycles. The number of rotatable bonds is 32. The molecule has 0 heterocycles. The minimum atomic E-state index is -1.43. The molecule has 54 heavy (non-hydrogen) atoms. The summed E-state index contributed by atoms with van der Waals surface area (Å²) in [6.07, 6.45) is 14.7. The lowest BCUT2D eigenvalue weighted by Gasteiger charge is -2.22. The van der Waals surface area contributed by atoms with E-state index in [1.165, 1.54) is 23.5 Å². The van der Waals surface area contributed by atoms with Gasteiger partial charge < -0.3 is 36.0 Å². The Labute approximate surface area is 316 Å². The Balaban J connectivity index is 2.51. The van der Waals surface area contributed by atoms with Crippen LogP contribution in [-0.2, 0) is 35.3 Å². The SMILES string of the molecule is [NH3+]N[C@@H](CCCCNC(=O)C/C=C(/NC(=O)c1ccc(CN(CCC(=O)O)C(=O)CCCCCCCCCCCCCCC(=O)O)cc1)C(=O)O)C(=O)O. The maximum Gasteiger partial charge on any atom is 0.352 e. The predicted molar refractivity (Wildman–Crippen MR) is 198 cm³/mol. The van der Waals surface area contributed by atoms with E-state index in [4.69, 9.17) is 10.2 Å². The summed E-state index contributed by atoms with van der Waals surface area (Å²) < 4.78 is 0. The number of nitrogens with one attached hydrogen (secondary N) is 3. The Morgan fingerprint density at radius 3 is 1.72 bits per heavy atom. The summed E-state index contributed by atoms with van der Waals surface area (Å²) in [7, 11) is 0. The molecule has 0 bridgehead atoms. The maximum absolute atomic E-state index is 13.0. The number of aliphatic carboxylic acids is 4. The third kappa shape index (κ3) is 23.0. The van der Waals surface area contributed by atoms with Crippen LogP contribution in [0.2, 0.25) is 0 Å². The lowest BCUT2D eigenvalue weighted by Crippen LogP contribution is -2.70. The van der Waals surface area contributed by atoms with Gasteiger partial charge in [0.1, 0.15) is 5.70 Å². The van der Waals surface area contributed by atoms with Crippen LogP contribution in [0.3, 0.4) is 0 Å². The predicted octanol–water partition coefficient (Wildman–Crippen LogP) is 3.61. The molecule has 0 radical (unpaired) electrons. The van der Waals surface area contributed by atoms with Crippen molar-refractivity contribution in [3.8, 4) is 0 Å². The third-order valence-electron chi connectivity index (χ3n) is 8.83. The van der Waals surface area contributed by atoms with E-state index < -0.39 is 47.4 Å². The van der Waals surface area contributed by atoms with E-state index in [0.717, 1.165) is 70.3 Å². The Bertz CT molecular complexity index is 1370. The summed E-state index contributed by atoms with van der Waals surface area (Å²) in [6.45, 7) is 0.450. The Hall–Kier alpha value is -4.83. The number of hydrogen-bond acceptors (Lipinski definition) is 8. The molecule has 16 nitrogen and oxygen atoms in total. The van der Waals surface area contributed by atoms with E-state index in [1.54, 1.807) is 12.1 Å². The van der Waals surface area contributed by atoms with Gasteiger partial charge in [0.2, 0.25) is 11.8 Å². The highest BCUT2D eigenvalue weighted by molar-refractivity contribution is 6.00. The summed E-state index contributed by atoms with van der Waals surface area (Å²) in [5.74, 6) is -2.18. The highest BCUT2D eigenvalue weighted by Crippen LogP contribution is 2.15. The molecule has 0 aromatic heterocycles. The number of carbonyl (C=O) groups is 7. The van der Waals surface area contributed by atoms with Crippen LogP contribution in [-0.4, -0.2) is 86.1 Å². The van der Waals surface area contributed by atoms with Crippen molar-refractivity contribution in [2.24, 2.45) is 0 Å². The van der Waals surface area contributed by atoms with E-state index in [1.807, 2.05) is 0 Å². The molecule has 0 saturated heterocycles. The minimum absolute atomic E-state index is 0.0372. The van der Waals surface area contributed by atoms with Crippen LogP contribution in [0.15, 0.2) is 36.0 Å². The van der Waals surface area contributed by atoms with Gasteiger partial charge in [-0.05, 0) is 55.9 Å². The molecule has 16 heteroatoms. The quantitative estimate of drug-likeness (QED) is 0.0297. The van der Waals surface area contributed by atoms with Gasteiger partial charge in [-0.1, -0.05) is 76.3 Å². The molecular weight excluding hydrogens is 702 g/mol. The molecule has 302 valence electrons. The number of quaternary nitrogens is 1. The van der Waals surface area contributed by atoms with Crippen molar-refractivity contribution in [3.05, 3.63) is 47.2 Å². The van der Waals surface area contributed by atoms with Gasteiger partial charge >= 0.3 is 23.9 Å². The molecule has 1 rings (SSSR count). The fourth-order valence-corrected chi connectivity index (χ4v) is 5.65. The number of carboxylic acid groups (broad SMARTS) is 4. The summed E-state index contributed by atoms with van der Waals surface area (Å²) in [6, 6.07) is 5.38. The zero-order valence-electron chi connectivity index (χ0n) is 31.3. The first kappa shape index (κ1) is 47.2. The normalized spacial score (nSPS) is 11.8. The van der Waals surface area contributed by atoms with Crippen LogP contribution >= 0.6 is 0 Å². The Morgan fingerprint density at radius 2 is 1.22 bits per heavy atom. The summed E-state index contributed by atoms with van der Waals surface area (Å²) >= 11 is 0. The Morgan fingerprint density at radius 1 is 0.685 bits per heavy atom. The van der Waals surface area contributed by atoms with Crippen molar-refractivity contribution in [3.63, 3.8) is 0 Å². The lowest BCUT2D eigenvalue weighted by atomic mass is 10.0. The van der Waals surface area contributed by atoms with Gasteiger partial charge in [-0.3, -0.25) is 34.6 Å². The summed E-state index contributed by atoms with van der Waals surface area (Å²) in [5, 5.41) is 41.4. The lowest BCUT2D eigenvalue weighted by molar-refractivity contribution is -0.449. The van der Waals surface area contributed by atoms with E-state index in [2.05, 4.69) is 21.9 Å². The van der Waals surface area contributed by atoms with Crippen molar-refractivity contribution >= 4 is 41.6 Å². The van der Waals surface area contributed by atoms with Crippen molar-refractivity contribution < 1.29 is 59.8 Å². The molecule has 0 aliphatic carbocycles. The molecule has 0 unspecified atom stereocenters.